The fraction of sp³-hybridized carbons (Fsp3) is 0.500. The van der Waals surface area contributed by atoms with Gasteiger partial charge in [-0.25, -0.2) is 0 Å². The van der Waals surface area contributed by atoms with Crippen molar-refractivity contribution < 1.29 is 9.90 Å². The highest BCUT2D eigenvalue weighted by molar-refractivity contribution is 9.10. The summed E-state index contributed by atoms with van der Waals surface area (Å²) in [4.78, 5) is 11.9. The molecule has 1 rings (SSSR count). The van der Waals surface area contributed by atoms with Crippen molar-refractivity contribution in [2.45, 2.75) is 45.3 Å². The molecule has 0 aliphatic heterocycles. The number of carbonyl (C=O) groups is 1. The molecule has 18 heavy (non-hydrogen) atoms. The Bertz CT molecular complexity index is 418. The molecule has 0 unspecified atom stereocenters. The van der Waals surface area contributed by atoms with Crippen molar-refractivity contribution in [1.82, 2.24) is 5.32 Å². The number of aliphatic hydroxyl groups is 1. The van der Waals surface area contributed by atoms with Gasteiger partial charge in [0, 0.05) is 4.47 Å². The fourth-order valence-corrected chi connectivity index (χ4v) is 1.60. The quantitative estimate of drug-likeness (QED) is 0.898. The Balaban J connectivity index is 2.65. The summed E-state index contributed by atoms with van der Waals surface area (Å²) < 4.78 is 0.989. The van der Waals surface area contributed by atoms with E-state index in [4.69, 9.17) is 0 Å². The minimum Gasteiger partial charge on any atom is -0.388 e. The molecule has 3 nitrogen and oxygen atoms in total. The smallest absolute Gasteiger partial charge is 0.224 e. The molecule has 2 N–H and O–H groups in total. The number of halogens is 1. The lowest BCUT2D eigenvalue weighted by molar-refractivity contribution is -0.125. The summed E-state index contributed by atoms with van der Waals surface area (Å²) in [6.07, 6.45) is 0.312. The van der Waals surface area contributed by atoms with E-state index in [0.29, 0.717) is 6.42 Å². The van der Waals surface area contributed by atoms with Crippen LogP contribution in [-0.4, -0.2) is 22.2 Å². The van der Waals surface area contributed by atoms with Gasteiger partial charge in [-0.2, -0.15) is 0 Å². The van der Waals surface area contributed by atoms with Crippen molar-refractivity contribution in [1.29, 1.82) is 0 Å². The van der Waals surface area contributed by atoms with E-state index in [9.17, 15) is 9.90 Å². The van der Waals surface area contributed by atoms with Crippen molar-refractivity contribution in [2.75, 3.05) is 0 Å². The van der Waals surface area contributed by atoms with Crippen LogP contribution in [0.15, 0.2) is 28.7 Å². The Hall–Kier alpha value is -0.870. The number of hydrogen-bond acceptors (Lipinski definition) is 2. The van der Waals surface area contributed by atoms with Gasteiger partial charge in [0.25, 0.3) is 0 Å². The lowest BCUT2D eigenvalue weighted by Crippen LogP contribution is -2.58. The highest BCUT2D eigenvalue weighted by Crippen LogP contribution is 2.20. The highest BCUT2D eigenvalue weighted by atomic mass is 79.9. The van der Waals surface area contributed by atoms with Crippen LogP contribution in [0, 0.1) is 0 Å². The maximum Gasteiger partial charge on any atom is 0.224 e. The van der Waals surface area contributed by atoms with E-state index in [0.717, 1.165) is 10.0 Å². The van der Waals surface area contributed by atoms with E-state index in [1.807, 2.05) is 38.1 Å². The molecule has 0 fully saturated rings. The van der Waals surface area contributed by atoms with Gasteiger partial charge in [-0.3, -0.25) is 4.79 Å². The summed E-state index contributed by atoms with van der Waals surface area (Å²) in [5, 5.41) is 12.8. The molecule has 0 atom stereocenters. The summed E-state index contributed by atoms with van der Waals surface area (Å²) in [5.74, 6) is -0.0931. The first-order valence-electron chi connectivity index (χ1n) is 5.90. The number of nitrogens with one attached hydrogen (secondary N) is 1. The maximum absolute atomic E-state index is 11.9. The van der Waals surface area contributed by atoms with Crippen LogP contribution in [0.25, 0.3) is 0 Å². The van der Waals surface area contributed by atoms with Gasteiger partial charge >= 0.3 is 0 Å². The molecule has 4 heteroatoms. The molecule has 0 saturated heterocycles. The van der Waals surface area contributed by atoms with E-state index in [-0.39, 0.29) is 5.91 Å². The van der Waals surface area contributed by atoms with E-state index < -0.39 is 11.1 Å². The van der Waals surface area contributed by atoms with Crippen molar-refractivity contribution >= 4 is 21.8 Å². The van der Waals surface area contributed by atoms with Crippen LogP contribution in [0.5, 0.6) is 0 Å². The molecular weight excluding hydrogens is 294 g/mol. The molecule has 1 amide bonds. The Morgan fingerprint density at radius 2 is 1.72 bits per heavy atom. The van der Waals surface area contributed by atoms with Gasteiger partial charge in [0.1, 0.15) is 0 Å². The molecule has 1 aromatic rings. The number of amides is 1. The van der Waals surface area contributed by atoms with Crippen LogP contribution in [0.4, 0.5) is 0 Å². The van der Waals surface area contributed by atoms with Crippen LogP contribution in [-0.2, 0) is 11.2 Å². The molecule has 0 heterocycles. The number of benzene rings is 1. The van der Waals surface area contributed by atoms with Crippen LogP contribution in [0.1, 0.15) is 33.3 Å². The molecular formula is C14H20BrNO2. The maximum atomic E-state index is 11.9. The topological polar surface area (TPSA) is 49.3 Å². The Labute approximate surface area is 117 Å². The predicted molar refractivity (Wildman–Crippen MR) is 76.4 cm³/mol. The molecule has 0 bridgehead atoms. The Morgan fingerprint density at radius 3 is 2.17 bits per heavy atom. The summed E-state index contributed by atoms with van der Waals surface area (Å²) in [5.41, 5.74) is -0.691. The number of hydrogen-bond donors (Lipinski definition) is 2. The van der Waals surface area contributed by atoms with Crippen LogP contribution >= 0.6 is 15.9 Å². The minimum absolute atomic E-state index is 0.0931. The SMILES string of the molecule is CC(C)(O)C(C)(C)NC(=O)Cc1ccc(Br)cc1. The van der Waals surface area contributed by atoms with Gasteiger partial charge in [-0.1, -0.05) is 28.1 Å². The average Bonchev–Trinajstić information content (AvgIpc) is 2.19. The monoisotopic (exact) mass is 313 g/mol. The van der Waals surface area contributed by atoms with Gasteiger partial charge in [-0.05, 0) is 45.4 Å². The zero-order chi connectivity index (χ0) is 14.0. The highest BCUT2D eigenvalue weighted by Gasteiger charge is 2.36. The molecule has 1 aromatic carbocycles. The van der Waals surface area contributed by atoms with E-state index in [1.54, 1.807) is 13.8 Å². The Morgan fingerprint density at radius 1 is 1.22 bits per heavy atom. The molecule has 0 aromatic heterocycles. The van der Waals surface area contributed by atoms with E-state index in [1.165, 1.54) is 0 Å². The lowest BCUT2D eigenvalue weighted by Gasteiger charge is -2.38. The van der Waals surface area contributed by atoms with Gasteiger partial charge in [0.2, 0.25) is 5.91 Å². The van der Waals surface area contributed by atoms with Crippen molar-refractivity contribution in [3.05, 3.63) is 34.3 Å². The summed E-state index contributed by atoms with van der Waals surface area (Å²) in [7, 11) is 0. The second-order valence-electron chi connectivity index (χ2n) is 5.54. The second kappa shape index (κ2) is 5.41. The second-order valence-corrected chi connectivity index (χ2v) is 6.45. The standard InChI is InChI=1S/C14H20BrNO2/c1-13(2,14(3,4)18)16-12(17)9-10-5-7-11(15)8-6-10/h5-8,18H,9H2,1-4H3,(H,16,17). The number of carbonyl (C=O) groups excluding carboxylic acids is 1. The average molecular weight is 314 g/mol. The zero-order valence-corrected chi connectivity index (χ0v) is 12.8. The zero-order valence-electron chi connectivity index (χ0n) is 11.2. The molecule has 0 aliphatic rings. The van der Waals surface area contributed by atoms with E-state index in [2.05, 4.69) is 21.2 Å². The van der Waals surface area contributed by atoms with Gasteiger partial charge < -0.3 is 10.4 Å². The lowest BCUT2D eigenvalue weighted by atomic mass is 9.86. The molecule has 0 saturated carbocycles. The summed E-state index contributed by atoms with van der Waals surface area (Å²) >= 11 is 3.35. The van der Waals surface area contributed by atoms with Gasteiger partial charge in [-0.15, -0.1) is 0 Å². The third-order valence-electron chi connectivity index (χ3n) is 3.26. The summed E-state index contributed by atoms with van der Waals surface area (Å²) in [6.45, 7) is 7.00. The van der Waals surface area contributed by atoms with E-state index >= 15 is 0 Å². The van der Waals surface area contributed by atoms with Crippen molar-refractivity contribution in [3.63, 3.8) is 0 Å². The van der Waals surface area contributed by atoms with Gasteiger partial charge in [0.15, 0.2) is 0 Å². The molecule has 0 aliphatic carbocycles. The molecule has 100 valence electrons. The normalized spacial score (nSPS) is 12.3. The van der Waals surface area contributed by atoms with Crippen LogP contribution in [0.3, 0.4) is 0 Å². The first-order valence-corrected chi connectivity index (χ1v) is 6.69. The fourth-order valence-electron chi connectivity index (χ4n) is 1.33. The van der Waals surface area contributed by atoms with Gasteiger partial charge in [0.05, 0.1) is 17.6 Å². The largest absolute Gasteiger partial charge is 0.388 e. The predicted octanol–water partition coefficient (Wildman–Crippen LogP) is 2.66. The third-order valence-corrected chi connectivity index (χ3v) is 3.79. The minimum atomic E-state index is -0.970. The van der Waals surface area contributed by atoms with Crippen LogP contribution in [0.2, 0.25) is 0 Å². The number of rotatable bonds is 4. The molecule has 0 radical (unpaired) electrons. The summed E-state index contributed by atoms with van der Waals surface area (Å²) in [6, 6.07) is 7.62. The Kier molecular flexibility index (Phi) is 4.56. The van der Waals surface area contributed by atoms with Crippen molar-refractivity contribution in [3.8, 4) is 0 Å². The first kappa shape index (κ1) is 15.2. The van der Waals surface area contributed by atoms with Crippen molar-refractivity contribution in [2.24, 2.45) is 0 Å². The van der Waals surface area contributed by atoms with Crippen LogP contribution < -0.4 is 5.32 Å². The first-order chi connectivity index (χ1) is 8.12. The molecule has 0 spiro atoms. The third kappa shape index (κ3) is 4.10.